The summed E-state index contributed by atoms with van der Waals surface area (Å²) in [6, 6.07) is 13.6. The fraction of sp³-hybridized carbons (Fsp3) is 0.222. The Morgan fingerprint density at radius 1 is 1.17 bits per heavy atom. The predicted molar refractivity (Wildman–Crippen MR) is 91.3 cm³/mol. The molecule has 0 bridgehead atoms. The van der Waals surface area contributed by atoms with Crippen LogP contribution in [0.5, 0.6) is 0 Å². The van der Waals surface area contributed by atoms with E-state index < -0.39 is 9.84 Å². The highest BCUT2D eigenvalue weighted by molar-refractivity contribution is 7.90. The van der Waals surface area contributed by atoms with Gasteiger partial charge in [0, 0.05) is 18.4 Å². The smallest absolute Gasteiger partial charge is 0.251 e. The van der Waals surface area contributed by atoms with E-state index in [2.05, 4.69) is 5.32 Å². The number of hydrogen-bond donors (Lipinski definition) is 1. The van der Waals surface area contributed by atoms with E-state index in [0.29, 0.717) is 29.7 Å². The number of aryl methyl sites for hydroxylation is 1. The number of carbonyl (C=O) groups is 1. The minimum absolute atomic E-state index is 0.191. The zero-order chi connectivity index (χ0) is 17.7. The van der Waals surface area contributed by atoms with Crippen LogP contribution in [0.3, 0.4) is 0 Å². The quantitative estimate of drug-likeness (QED) is 0.904. The molecule has 0 heterocycles. The van der Waals surface area contributed by atoms with Gasteiger partial charge in [0.1, 0.15) is 0 Å². The Morgan fingerprint density at radius 3 is 2.38 bits per heavy atom. The van der Waals surface area contributed by atoms with Crippen LogP contribution in [-0.4, -0.2) is 20.6 Å². The molecule has 0 aliphatic rings. The summed E-state index contributed by atoms with van der Waals surface area (Å²) >= 11 is 0. The van der Waals surface area contributed by atoms with Crippen molar-refractivity contribution >= 4 is 15.7 Å². The Hall–Kier alpha value is -2.65. The lowest BCUT2D eigenvalue weighted by Gasteiger charge is -2.10. The molecule has 0 fully saturated rings. The zero-order valence-corrected chi connectivity index (χ0v) is 14.4. The minimum Gasteiger partial charge on any atom is -0.348 e. The third-order valence-corrected chi connectivity index (χ3v) is 4.82. The molecule has 0 aromatic heterocycles. The summed E-state index contributed by atoms with van der Waals surface area (Å²) in [5, 5.41) is 11.5. The molecule has 24 heavy (non-hydrogen) atoms. The van der Waals surface area contributed by atoms with Gasteiger partial charge in [0.15, 0.2) is 9.84 Å². The molecule has 1 N–H and O–H groups in total. The Bertz CT molecular complexity index is 895. The zero-order valence-electron chi connectivity index (χ0n) is 13.5. The van der Waals surface area contributed by atoms with E-state index in [-0.39, 0.29) is 10.8 Å². The lowest BCUT2D eigenvalue weighted by atomic mass is 10.1. The maximum Gasteiger partial charge on any atom is 0.251 e. The Kier molecular flexibility index (Phi) is 5.37. The van der Waals surface area contributed by atoms with Gasteiger partial charge in [-0.05, 0) is 41.8 Å². The van der Waals surface area contributed by atoms with Gasteiger partial charge in [-0.25, -0.2) is 8.42 Å². The number of rotatable bonds is 5. The maximum atomic E-state index is 12.3. The van der Waals surface area contributed by atoms with Crippen molar-refractivity contribution in [3.05, 3.63) is 64.7 Å². The standard InChI is InChI=1S/C18H18N2O3S/c1-3-15-8-9-16(10-17(15)24(2,22)23)18(21)20-12-14-6-4-13(11-19)5-7-14/h4-10H,3,12H2,1-2H3,(H,20,21). The van der Waals surface area contributed by atoms with Crippen LogP contribution in [0.15, 0.2) is 47.4 Å². The van der Waals surface area contributed by atoms with Crippen molar-refractivity contribution in [2.45, 2.75) is 24.8 Å². The van der Waals surface area contributed by atoms with E-state index in [1.807, 2.05) is 13.0 Å². The van der Waals surface area contributed by atoms with Gasteiger partial charge in [0.05, 0.1) is 16.5 Å². The first-order valence-corrected chi connectivity index (χ1v) is 9.34. The Morgan fingerprint density at radius 2 is 1.83 bits per heavy atom. The van der Waals surface area contributed by atoms with Crippen LogP contribution >= 0.6 is 0 Å². The van der Waals surface area contributed by atoms with Gasteiger partial charge in [0.25, 0.3) is 5.91 Å². The molecule has 2 aromatic carbocycles. The van der Waals surface area contributed by atoms with Gasteiger partial charge < -0.3 is 5.32 Å². The summed E-state index contributed by atoms with van der Waals surface area (Å²) in [7, 11) is -3.39. The van der Waals surface area contributed by atoms with Crippen LogP contribution in [0, 0.1) is 11.3 Å². The summed E-state index contributed by atoms with van der Waals surface area (Å²) in [6.07, 6.45) is 1.72. The van der Waals surface area contributed by atoms with E-state index in [9.17, 15) is 13.2 Å². The number of nitrogens with zero attached hydrogens (tertiary/aromatic N) is 1. The second kappa shape index (κ2) is 7.28. The summed E-state index contributed by atoms with van der Waals surface area (Å²) in [6.45, 7) is 2.17. The van der Waals surface area contributed by atoms with Crippen LogP contribution in [0.4, 0.5) is 0 Å². The molecular formula is C18H18N2O3S. The number of amides is 1. The number of carbonyl (C=O) groups excluding carboxylic acids is 1. The number of benzene rings is 2. The topological polar surface area (TPSA) is 87.0 Å². The highest BCUT2D eigenvalue weighted by Crippen LogP contribution is 2.18. The molecule has 0 radical (unpaired) electrons. The Balaban J connectivity index is 2.16. The third-order valence-electron chi connectivity index (χ3n) is 3.65. The van der Waals surface area contributed by atoms with Gasteiger partial charge in [-0.3, -0.25) is 4.79 Å². The number of sulfone groups is 1. The SMILES string of the molecule is CCc1ccc(C(=O)NCc2ccc(C#N)cc2)cc1S(C)(=O)=O. The molecule has 5 nitrogen and oxygen atoms in total. The molecule has 0 aliphatic heterocycles. The molecule has 2 aromatic rings. The highest BCUT2D eigenvalue weighted by Gasteiger charge is 2.15. The molecule has 0 atom stereocenters. The number of hydrogen-bond acceptors (Lipinski definition) is 4. The highest BCUT2D eigenvalue weighted by atomic mass is 32.2. The average molecular weight is 342 g/mol. The first-order chi connectivity index (χ1) is 11.3. The van der Waals surface area contributed by atoms with Crippen LogP contribution in [0.25, 0.3) is 0 Å². The lowest BCUT2D eigenvalue weighted by molar-refractivity contribution is 0.0950. The molecule has 6 heteroatoms. The Labute approximate surface area is 141 Å². The minimum atomic E-state index is -3.39. The number of nitrogens with one attached hydrogen (secondary N) is 1. The molecule has 0 aliphatic carbocycles. The largest absolute Gasteiger partial charge is 0.348 e. The van der Waals surface area contributed by atoms with Crippen LogP contribution in [0.2, 0.25) is 0 Å². The van der Waals surface area contributed by atoms with Gasteiger partial charge in [-0.15, -0.1) is 0 Å². The lowest BCUT2D eigenvalue weighted by Crippen LogP contribution is -2.23. The molecule has 1 amide bonds. The second-order valence-corrected chi connectivity index (χ2v) is 7.42. The summed E-state index contributed by atoms with van der Waals surface area (Å²) in [4.78, 5) is 12.5. The summed E-state index contributed by atoms with van der Waals surface area (Å²) in [5.41, 5.74) is 2.41. The second-order valence-electron chi connectivity index (χ2n) is 5.44. The molecule has 2 rings (SSSR count). The van der Waals surface area contributed by atoms with Crippen LogP contribution in [0.1, 0.15) is 34.0 Å². The van der Waals surface area contributed by atoms with Gasteiger partial charge in [-0.1, -0.05) is 25.1 Å². The van der Waals surface area contributed by atoms with Crippen molar-refractivity contribution in [3.8, 4) is 6.07 Å². The fourth-order valence-corrected chi connectivity index (χ4v) is 3.34. The van der Waals surface area contributed by atoms with E-state index >= 15 is 0 Å². The molecular weight excluding hydrogens is 324 g/mol. The third kappa shape index (κ3) is 4.21. The molecule has 0 spiro atoms. The molecule has 0 saturated heterocycles. The summed E-state index contributed by atoms with van der Waals surface area (Å²) in [5.74, 6) is -0.341. The fourth-order valence-electron chi connectivity index (χ4n) is 2.31. The van der Waals surface area contributed by atoms with Crippen LogP contribution < -0.4 is 5.32 Å². The molecule has 0 saturated carbocycles. The first kappa shape index (κ1) is 17.7. The van der Waals surface area contributed by atoms with Crippen molar-refractivity contribution in [2.75, 3.05) is 6.26 Å². The normalized spacial score (nSPS) is 10.9. The van der Waals surface area contributed by atoms with Crippen molar-refractivity contribution < 1.29 is 13.2 Å². The van der Waals surface area contributed by atoms with Crippen molar-refractivity contribution in [1.82, 2.24) is 5.32 Å². The van der Waals surface area contributed by atoms with E-state index in [1.165, 1.54) is 6.07 Å². The molecule has 124 valence electrons. The van der Waals surface area contributed by atoms with Gasteiger partial charge in [0.2, 0.25) is 0 Å². The van der Waals surface area contributed by atoms with Crippen molar-refractivity contribution in [3.63, 3.8) is 0 Å². The number of nitriles is 1. The molecule has 0 unspecified atom stereocenters. The first-order valence-electron chi connectivity index (χ1n) is 7.45. The van der Waals surface area contributed by atoms with Gasteiger partial charge in [-0.2, -0.15) is 5.26 Å². The monoisotopic (exact) mass is 342 g/mol. The van der Waals surface area contributed by atoms with E-state index in [0.717, 1.165) is 11.8 Å². The maximum absolute atomic E-state index is 12.3. The van der Waals surface area contributed by atoms with Crippen molar-refractivity contribution in [2.24, 2.45) is 0 Å². The summed E-state index contributed by atoms with van der Waals surface area (Å²) < 4.78 is 23.7. The van der Waals surface area contributed by atoms with Crippen LogP contribution in [-0.2, 0) is 22.8 Å². The van der Waals surface area contributed by atoms with E-state index in [1.54, 1.807) is 36.4 Å². The predicted octanol–water partition coefficient (Wildman–Crippen LogP) is 2.45. The van der Waals surface area contributed by atoms with Gasteiger partial charge >= 0.3 is 0 Å². The average Bonchev–Trinajstić information content (AvgIpc) is 2.58. The van der Waals surface area contributed by atoms with E-state index in [4.69, 9.17) is 5.26 Å². The van der Waals surface area contributed by atoms with Crippen molar-refractivity contribution in [1.29, 1.82) is 5.26 Å².